The molecule has 3 saturated heterocycles. The minimum absolute atomic E-state index is 0.0754. The van der Waals surface area contributed by atoms with E-state index in [2.05, 4.69) is 6.07 Å². The molecule has 32 heavy (non-hydrogen) atoms. The third-order valence-corrected chi connectivity index (χ3v) is 7.06. The molecule has 0 aliphatic carbocycles. The summed E-state index contributed by atoms with van der Waals surface area (Å²) in [5.41, 5.74) is -0.607. The summed E-state index contributed by atoms with van der Waals surface area (Å²) in [6.07, 6.45) is -2.42. The summed E-state index contributed by atoms with van der Waals surface area (Å²) in [4.78, 5) is 31.1. The summed E-state index contributed by atoms with van der Waals surface area (Å²) in [6.45, 7) is 4.98. The van der Waals surface area contributed by atoms with E-state index in [-0.39, 0.29) is 35.4 Å². The predicted molar refractivity (Wildman–Crippen MR) is 110 cm³/mol. The van der Waals surface area contributed by atoms with Gasteiger partial charge in [0.1, 0.15) is 6.04 Å². The van der Waals surface area contributed by atoms with Crippen molar-refractivity contribution in [3.05, 3.63) is 35.4 Å². The van der Waals surface area contributed by atoms with Crippen LogP contribution >= 0.6 is 0 Å². The van der Waals surface area contributed by atoms with Gasteiger partial charge >= 0.3 is 6.18 Å². The summed E-state index contributed by atoms with van der Waals surface area (Å²) in [5.74, 6) is -0.608. The summed E-state index contributed by atoms with van der Waals surface area (Å²) >= 11 is 0. The largest absolute Gasteiger partial charge is 0.416 e. The Bertz CT molecular complexity index is 944. The third-order valence-electron chi connectivity index (χ3n) is 7.06. The molecule has 1 aromatic carbocycles. The highest BCUT2D eigenvalue weighted by atomic mass is 19.4. The monoisotopic (exact) mass is 448 g/mol. The average molecular weight is 448 g/mol. The molecule has 2 bridgehead atoms. The maximum absolute atomic E-state index is 13.5. The number of hydrogen-bond acceptors (Lipinski definition) is 4. The van der Waals surface area contributed by atoms with Crippen molar-refractivity contribution in [2.24, 2.45) is 5.92 Å². The Balaban J connectivity index is 1.44. The number of rotatable bonds is 5. The van der Waals surface area contributed by atoms with Crippen molar-refractivity contribution in [2.75, 3.05) is 19.6 Å². The molecule has 3 aliphatic rings. The molecule has 3 fully saturated rings. The zero-order valence-corrected chi connectivity index (χ0v) is 18.2. The van der Waals surface area contributed by atoms with Gasteiger partial charge in [0.15, 0.2) is 0 Å². The minimum atomic E-state index is -4.48. The fourth-order valence-electron chi connectivity index (χ4n) is 5.55. The van der Waals surface area contributed by atoms with Crippen LogP contribution < -0.4 is 0 Å². The van der Waals surface area contributed by atoms with E-state index in [1.54, 1.807) is 22.8 Å². The van der Waals surface area contributed by atoms with E-state index < -0.39 is 23.8 Å². The average Bonchev–Trinajstić information content (AvgIpc) is 3.46. The fraction of sp³-hybridized carbons (Fsp3) is 0.609. The molecular formula is C23H27F3N4O2. The summed E-state index contributed by atoms with van der Waals surface area (Å²) < 4.78 is 40.4. The maximum atomic E-state index is 13.5. The van der Waals surface area contributed by atoms with E-state index in [0.717, 1.165) is 12.5 Å². The molecule has 4 rings (SSSR count). The van der Waals surface area contributed by atoms with Gasteiger partial charge in [-0.05, 0) is 37.8 Å². The summed E-state index contributed by atoms with van der Waals surface area (Å²) in [7, 11) is 0. The number of fused-ring (bicyclic) bond motifs is 2. The molecule has 5 atom stereocenters. The van der Waals surface area contributed by atoms with Crippen molar-refractivity contribution in [1.82, 2.24) is 14.7 Å². The first-order chi connectivity index (χ1) is 15.1. The maximum Gasteiger partial charge on any atom is 0.416 e. The highest BCUT2D eigenvalue weighted by Crippen LogP contribution is 2.42. The van der Waals surface area contributed by atoms with E-state index >= 15 is 0 Å². The topological polar surface area (TPSA) is 67.7 Å². The molecule has 6 nitrogen and oxygen atoms in total. The smallest absolute Gasteiger partial charge is 0.330 e. The Kier molecular flexibility index (Phi) is 5.93. The molecule has 0 spiro atoms. The van der Waals surface area contributed by atoms with Gasteiger partial charge in [0.05, 0.1) is 23.7 Å². The number of nitrogens with zero attached hydrogens (tertiary/aromatic N) is 4. The number of likely N-dealkylation sites (tertiary alicyclic amines) is 3. The number of alkyl halides is 3. The van der Waals surface area contributed by atoms with Gasteiger partial charge in [-0.15, -0.1) is 0 Å². The third kappa shape index (κ3) is 3.85. The van der Waals surface area contributed by atoms with Crippen molar-refractivity contribution in [3.63, 3.8) is 0 Å². The molecule has 0 N–H and O–H groups in total. The van der Waals surface area contributed by atoms with Crippen molar-refractivity contribution >= 4 is 11.8 Å². The van der Waals surface area contributed by atoms with Gasteiger partial charge in [-0.25, -0.2) is 0 Å². The SMILES string of the molecule is C[C@H](c1ccccc1C(F)(F)F)N1C(=O)[C@@H]2CC1CN2C[C@H](C)C(=O)N1CCC[C@H]1C#N. The van der Waals surface area contributed by atoms with Gasteiger partial charge in [0.2, 0.25) is 11.8 Å². The van der Waals surface area contributed by atoms with Crippen molar-refractivity contribution in [2.45, 2.75) is 63.5 Å². The molecule has 9 heteroatoms. The van der Waals surface area contributed by atoms with Crippen LogP contribution in [0.5, 0.6) is 0 Å². The van der Waals surface area contributed by atoms with Crippen molar-refractivity contribution in [1.29, 1.82) is 5.26 Å². The first kappa shape index (κ1) is 22.6. The Labute approximate surface area is 185 Å². The van der Waals surface area contributed by atoms with E-state index in [1.165, 1.54) is 12.1 Å². The molecule has 172 valence electrons. The lowest BCUT2D eigenvalue weighted by Crippen LogP contribution is -2.53. The number of carbonyl (C=O) groups is 2. The second-order valence-electron chi connectivity index (χ2n) is 9.09. The van der Waals surface area contributed by atoms with Gasteiger partial charge in [0, 0.05) is 31.6 Å². The second kappa shape index (κ2) is 8.39. The number of nitriles is 1. The highest BCUT2D eigenvalue weighted by molar-refractivity contribution is 5.86. The van der Waals surface area contributed by atoms with Gasteiger partial charge in [-0.2, -0.15) is 18.4 Å². The second-order valence-corrected chi connectivity index (χ2v) is 9.09. The van der Waals surface area contributed by atoms with E-state index in [4.69, 9.17) is 0 Å². The van der Waals surface area contributed by atoms with E-state index in [1.807, 2.05) is 11.8 Å². The number of amides is 2. The molecule has 3 heterocycles. The Morgan fingerprint density at radius 3 is 2.66 bits per heavy atom. The Hall–Kier alpha value is -2.60. The number of benzene rings is 1. The van der Waals surface area contributed by atoms with Crippen LogP contribution in [0.15, 0.2) is 24.3 Å². The van der Waals surface area contributed by atoms with Crippen molar-refractivity contribution < 1.29 is 22.8 Å². The van der Waals surface area contributed by atoms with Crippen LogP contribution in [-0.4, -0.2) is 64.3 Å². The Morgan fingerprint density at radius 1 is 1.28 bits per heavy atom. The molecule has 0 radical (unpaired) electrons. The first-order valence-electron chi connectivity index (χ1n) is 11.1. The number of halogens is 3. The van der Waals surface area contributed by atoms with E-state index in [9.17, 15) is 28.0 Å². The molecular weight excluding hydrogens is 421 g/mol. The van der Waals surface area contributed by atoms with Crippen LogP contribution in [-0.2, 0) is 15.8 Å². The van der Waals surface area contributed by atoms with E-state index in [0.29, 0.717) is 32.5 Å². The fourth-order valence-corrected chi connectivity index (χ4v) is 5.55. The highest BCUT2D eigenvalue weighted by Gasteiger charge is 2.52. The predicted octanol–water partition coefficient (Wildman–Crippen LogP) is 3.20. The molecule has 0 aromatic heterocycles. The minimum Gasteiger partial charge on any atom is -0.330 e. The lowest BCUT2D eigenvalue weighted by molar-refractivity contribution is -0.144. The summed E-state index contributed by atoms with van der Waals surface area (Å²) in [5, 5.41) is 9.24. The van der Waals surface area contributed by atoms with Crippen LogP contribution in [0.1, 0.15) is 50.3 Å². The van der Waals surface area contributed by atoms with Crippen LogP contribution in [0.2, 0.25) is 0 Å². The summed E-state index contributed by atoms with van der Waals surface area (Å²) in [6, 6.07) is 5.93. The molecule has 1 aromatic rings. The van der Waals surface area contributed by atoms with Crippen LogP contribution in [0, 0.1) is 17.2 Å². The number of hydrogen-bond donors (Lipinski definition) is 0. The molecule has 0 saturated carbocycles. The van der Waals surface area contributed by atoms with Gasteiger partial charge in [0.25, 0.3) is 0 Å². The quantitative estimate of drug-likeness (QED) is 0.694. The van der Waals surface area contributed by atoms with Gasteiger partial charge in [-0.3, -0.25) is 14.5 Å². The molecule has 1 unspecified atom stereocenters. The van der Waals surface area contributed by atoms with Crippen molar-refractivity contribution in [3.8, 4) is 6.07 Å². The van der Waals surface area contributed by atoms with Crippen LogP contribution in [0.3, 0.4) is 0 Å². The lowest BCUT2D eigenvalue weighted by atomic mass is 9.99. The Morgan fingerprint density at radius 2 is 2.00 bits per heavy atom. The van der Waals surface area contributed by atoms with Crippen LogP contribution in [0.25, 0.3) is 0 Å². The zero-order chi connectivity index (χ0) is 23.2. The van der Waals surface area contributed by atoms with Gasteiger partial charge < -0.3 is 9.80 Å². The zero-order valence-electron chi connectivity index (χ0n) is 18.2. The molecule has 2 amide bonds. The van der Waals surface area contributed by atoms with Gasteiger partial charge in [-0.1, -0.05) is 25.1 Å². The first-order valence-corrected chi connectivity index (χ1v) is 11.1. The standard InChI is InChI=1S/C23H27F3N4O2/c1-14(21(31)29-9-5-6-16(29)11-27)12-28-13-17-10-20(28)22(32)30(17)15(2)18-7-3-4-8-19(18)23(24,25)26/h3-4,7-8,14-17,20H,5-6,9-10,12-13H2,1-2H3/t14-,15+,16-,17?,20-/m0/s1. The van der Waals surface area contributed by atoms with Crippen LogP contribution in [0.4, 0.5) is 13.2 Å². The number of carbonyl (C=O) groups excluding carboxylic acids is 2. The molecule has 3 aliphatic heterocycles. The normalized spacial score (nSPS) is 27.6. The lowest BCUT2D eigenvalue weighted by Gasteiger charge is -2.39. The number of piperazine rings is 1.